The van der Waals surface area contributed by atoms with E-state index in [0.29, 0.717) is 18.8 Å². The summed E-state index contributed by atoms with van der Waals surface area (Å²) in [6.07, 6.45) is 3.98. The number of fused-ring (bicyclic) bond motifs is 3. The number of Topliss-reactive ketones (excluding diaryl/α,β-unsaturated/α-hetero) is 1. The number of hydrogen-bond donors (Lipinski definition) is 2. The van der Waals surface area contributed by atoms with Crippen molar-refractivity contribution in [3.8, 4) is 0 Å². The van der Waals surface area contributed by atoms with Gasteiger partial charge in [-0.25, -0.2) is 0 Å². The number of hydrogen-bond acceptors (Lipinski definition) is 3. The summed E-state index contributed by atoms with van der Waals surface area (Å²) in [5.74, 6) is 0.466. The Hall–Kier alpha value is -0.670. The van der Waals surface area contributed by atoms with Gasteiger partial charge in [0.2, 0.25) is 0 Å². The van der Waals surface area contributed by atoms with Crippen molar-refractivity contribution in [3.05, 3.63) is 12.2 Å². The highest BCUT2D eigenvalue weighted by Gasteiger charge is 2.71. The third kappa shape index (κ3) is 1.71. The number of aliphatic hydroxyl groups is 2. The van der Waals surface area contributed by atoms with Crippen molar-refractivity contribution in [3.63, 3.8) is 0 Å². The van der Waals surface area contributed by atoms with Crippen LogP contribution in [0.25, 0.3) is 0 Å². The smallest absolute Gasteiger partial charge is 0.137 e. The van der Waals surface area contributed by atoms with Gasteiger partial charge in [-0.05, 0) is 53.9 Å². The van der Waals surface area contributed by atoms with E-state index < -0.39 is 17.6 Å². The minimum atomic E-state index is -0.721. The SMILES string of the molecule is C=C1C2CC(=O)C3C4(C)CCCC(C)(C)C4CC(O)C3(C2)C1O. The second-order valence-electron chi connectivity index (χ2n) is 9.75. The third-order valence-electron chi connectivity index (χ3n) is 8.31. The van der Waals surface area contributed by atoms with Gasteiger partial charge in [-0.3, -0.25) is 4.79 Å². The van der Waals surface area contributed by atoms with Gasteiger partial charge in [0.15, 0.2) is 0 Å². The maximum absolute atomic E-state index is 13.1. The Kier molecular flexibility index (Phi) is 3.09. The van der Waals surface area contributed by atoms with E-state index in [4.69, 9.17) is 0 Å². The van der Waals surface area contributed by atoms with Gasteiger partial charge in [0.05, 0.1) is 12.2 Å². The molecule has 0 aromatic rings. The van der Waals surface area contributed by atoms with Gasteiger partial charge in [-0.1, -0.05) is 33.8 Å². The Morgan fingerprint density at radius 3 is 2.57 bits per heavy atom. The zero-order chi connectivity index (χ0) is 16.8. The molecule has 7 atom stereocenters. The summed E-state index contributed by atoms with van der Waals surface area (Å²) in [7, 11) is 0. The first kappa shape index (κ1) is 15.8. The molecule has 2 N–H and O–H groups in total. The molecule has 23 heavy (non-hydrogen) atoms. The van der Waals surface area contributed by atoms with Crippen LogP contribution in [-0.2, 0) is 4.79 Å². The van der Waals surface area contributed by atoms with Crippen LogP contribution in [0.4, 0.5) is 0 Å². The monoisotopic (exact) mass is 318 g/mol. The Labute approximate surface area is 139 Å². The highest BCUT2D eigenvalue weighted by Crippen LogP contribution is 2.71. The van der Waals surface area contributed by atoms with E-state index in [1.807, 2.05) is 0 Å². The van der Waals surface area contributed by atoms with Gasteiger partial charge >= 0.3 is 0 Å². The molecule has 4 saturated carbocycles. The summed E-state index contributed by atoms with van der Waals surface area (Å²) in [4.78, 5) is 13.1. The molecular weight excluding hydrogens is 288 g/mol. The van der Waals surface area contributed by atoms with Crippen LogP contribution in [-0.4, -0.2) is 28.2 Å². The van der Waals surface area contributed by atoms with E-state index >= 15 is 0 Å². The zero-order valence-electron chi connectivity index (χ0n) is 14.6. The predicted molar refractivity (Wildman–Crippen MR) is 88.7 cm³/mol. The van der Waals surface area contributed by atoms with Crippen molar-refractivity contribution in [2.24, 2.45) is 34.0 Å². The van der Waals surface area contributed by atoms with Crippen LogP contribution in [0, 0.1) is 34.0 Å². The first-order valence-corrected chi connectivity index (χ1v) is 9.22. The molecule has 4 fully saturated rings. The van der Waals surface area contributed by atoms with Crippen LogP contribution in [0.1, 0.15) is 59.3 Å². The molecule has 4 aliphatic rings. The van der Waals surface area contributed by atoms with E-state index in [1.54, 1.807) is 0 Å². The molecule has 3 heteroatoms. The van der Waals surface area contributed by atoms with Crippen LogP contribution in [0.2, 0.25) is 0 Å². The summed E-state index contributed by atoms with van der Waals surface area (Å²) in [5.41, 5.74) is 0.162. The topological polar surface area (TPSA) is 57.5 Å². The van der Waals surface area contributed by atoms with Crippen molar-refractivity contribution in [1.82, 2.24) is 0 Å². The molecule has 0 aromatic heterocycles. The third-order valence-corrected chi connectivity index (χ3v) is 8.31. The van der Waals surface area contributed by atoms with Crippen LogP contribution in [0.5, 0.6) is 0 Å². The molecule has 0 aliphatic heterocycles. The summed E-state index contributed by atoms with van der Waals surface area (Å²) in [6.45, 7) is 10.9. The molecule has 0 saturated heterocycles. The maximum atomic E-state index is 13.1. The molecule has 7 unspecified atom stereocenters. The highest BCUT2D eigenvalue weighted by molar-refractivity contribution is 5.86. The van der Waals surface area contributed by atoms with Crippen LogP contribution < -0.4 is 0 Å². The average Bonchev–Trinajstić information content (AvgIpc) is 2.64. The summed E-state index contributed by atoms with van der Waals surface area (Å²) in [6, 6.07) is 0. The van der Waals surface area contributed by atoms with Gasteiger partial charge in [0.25, 0.3) is 0 Å². The van der Waals surface area contributed by atoms with E-state index in [-0.39, 0.29) is 28.4 Å². The quantitative estimate of drug-likeness (QED) is 0.675. The molecule has 0 radical (unpaired) electrons. The fraction of sp³-hybridized carbons (Fsp3) is 0.850. The predicted octanol–water partition coefficient (Wildman–Crippen LogP) is 3.10. The van der Waals surface area contributed by atoms with Gasteiger partial charge < -0.3 is 10.2 Å². The Morgan fingerprint density at radius 2 is 1.87 bits per heavy atom. The standard InChI is InChI=1S/C20H30O3/c1-11-12-8-13(21)16-19(4)7-5-6-18(2,3)14(19)9-15(22)20(16,10-12)17(11)23/h12,14-17,22-23H,1,5-10H2,2-4H3. The zero-order valence-corrected chi connectivity index (χ0v) is 14.6. The van der Waals surface area contributed by atoms with Crippen molar-refractivity contribution in [2.75, 3.05) is 0 Å². The lowest BCUT2D eigenvalue weighted by atomic mass is 9.40. The number of ketones is 1. The first-order chi connectivity index (χ1) is 10.6. The van der Waals surface area contributed by atoms with Crippen LogP contribution in [0.15, 0.2) is 12.2 Å². The fourth-order valence-electron chi connectivity index (χ4n) is 7.41. The van der Waals surface area contributed by atoms with Gasteiger partial charge in [-0.2, -0.15) is 0 Å². The Balaban J connectivity index is 1.88. The first-order valence-electron chi connectivity index (χ1n) is 9.22. The van der Waals surface area contributed by atoms with E-state index in [9.17, 15) is 15.0 Å². The summed E-state index contributed by atoms with van der Waals surface area (Å²) in [5, 5.41) is 22.1. The minimum Gasteiger partial charge on any atom is -0.392 e. The molecule has 2 bridgehead atoms. The number of carbonyl (C=O) groups excluding carboxylic acids is 1. The van der Waals surface area contributed by atoms with Crippen molar-refractivity contribution in [1.29, 1.82) is 0 Å². The lowest BCUT2D eigenvalue weighted by Crippen LogP contribution is -2.66. The Bertz CT molecular complexity index is 579. The summed E-state index contributed by atoms with van der Waals surface area (Å²) >= 11 is 0. The lowest BCUT2D eigenvalue weighted by Gasteiger charge is -2.64. The number of carbonyl (C=O) groups is 1. The van der Waals surface area contributed by atoms with E-state index in [0.717, 1.165) is 31.3 Å². The van der Waals surface area contributed by atoms with Crippen molar-refractivity contribution < 1.29 is 15.0 Å². The molecule has 0 aromatic carbocycles. The summed E-state index contributed by atoms with van der Waals surface area (Å²) < 4.78 is 0. The van der Waals surface area contributed by atoms with Crippen molar-refractivity contribution >= 4 is 5.78 Å². The number of aliphatic hydroxyl groups excluding tert-OH is 2. The van der Waals surface area contributed by atoms with Crippen LogP contribution >= 0.6 is 0 Å². The lowest BCUT2D eigenvalue weighted by molar-refractivity contribution is -0.215. The molecule has 0 heterocycles. The maximum Gasteiger partial charge on any atom is 0.137 e. The molecule has 1 spiro atoms. The normalized spacial score (nSPS) is 54.6. The van der Waals surface area contributed by atoms with Gasteiger partial charge in [0, 0.05) is 17.8 Å². The molecule has 128 valence electrons. The molecular formula is C20H30O3. The second kappa shape index (κ2) is 4.49. The fourth-order valence-corrected chi connectivity index (χ4v) is 7.41. The van der Waals surface area contributed by atoms with E-state index in [1.165, 1.54) is 0 Å². The van der Waals surface area contributed by atoms with E-state index in [2.05, 4.69) is 27.4 Å². The molecule has 4 aliphatic carbocycles. The van der Waals surface area contributed by atoms with Gasteiger partial charge in [-0.15, -0.1) is 0 Å². The number of rotatable bonds is 0. The van der Waals surface area contributed by atoms with Gasteiger partial charge in [0.1, 0.15) is 5.78 Å². The van der Waals surface area contributed by atoms with Crippen molar-refractivity contribution in [2.45, 2.75) is 71.5 Å². The largest absolute Gasteiger partial charge is 0.392 e. The molecule has 0 amide bonds. The highest BCUT2D eigenvalue weighted by atomic mass is 16.3. The Morgan fingerprint density at radius 1 is 1.17 bits per heavy atom. The second-order valence-corrected chi connectivity index (χ2v) is 9.75. The minimum absolute atomic E-state index is 0.0696. The average molecular weight is 318 g/mol. The molecule has 3 nitrogen and oxygen atoms in total. The van der Waals surface area contributed by atoms with Crippen LogP contribution in [0.3, 0.4) is 0 Å². The molecule has 4 rings (SSSR count).